The van der Waals surface area contributed by atoms with E-state index in [1.54, 1.807) is 36.4 Å². The first-order valence-corrected chi connectivity index (χ1v) is 9.89. The number of benzene rings is 2. The van der Waals surface area contributed by atoms with Crippen LogP contribution in [0.4, 0.5) is 10.5 Å². The van der Waals surface area contributed by atoms with Gasteiger partial charge in [-0.25, -0.2) is 4.79 Å². The molecule has 1 fully saturated rings. The molecule has 7 nitrogen and oxygen atoms in total. The summed E-state index contributed by atoms with van der Waals surface area (Å²) in [4.78, 5) is 37.3. The van der Waals surface area contributed by atoms with Crippen molar-refractivity contribution >= 4 is 45.5 Å². The van der Waals surface area contributed by atoms with Crippen LogP contribution in [-0.4, -0.2) is 35.9 Å². The molecule has 0 aromatic heterocycles. The molecule has 150 valence electrons. The Hall–Kier alpha value is -3.13. The molecule has 3 rings (SSSR count). The SMILES string of the molecule is CCCN1C(=O)N/C(=C/c2ccc(OCC(=O)Nc3ccccc3)c(Br)c2)C1=O. The van der Waals surface area contributed by atoms with Gasteiger partial charge in [-0.3, -0.25) is 14.5 Å². The second kappa shape index (κ2) is 9.38. The minimum absolute atomic E-state index is 0.144. The Kier molecular flexibility index (Phi) is 6.66. The van der Waals surface area contributed by atoms with Gasteiger partial charge in [0.05, 0.1) is 4.47 Å². The number of carbonyl (C=O) groups is 3. The largest absolute Gasteiger partial charge is 0.483 e. The fourth-order valence-corrected chi connectivity index (χ4v) is 3.26. The van der Waals surface area contributed by atoms with E-state index < -0.39 is 6.03 Å². The van der Waals surface area contributed by atoms with Gasteiger partial charge < -0.3 is 15.4 Å². The maximum absolute atomic E-state index is 12.3. The van der Waals surface area contributed by atoms with Gasteiger partial charge in [-0.15, -0.1) is 0 Å². The van der Waals surface area contributed by atoms with Gasteiger partial charge in [0.15, 0.2) is 6.61 Å². The molecule has 0 bridgehead atoms. The molecule has 1 heterocycles. The number of nitrogens with one attached hydrogen (secondary N) is 2. The third-order valence-electron chi connectivity index (χ3n) is 4.09. The summed E-state index contributed by atoms with van der Waals surface area (Å²) in [6.45, 7) is 2.14. The molecule has 8 heteroatoms. The highest BCUT2D eigenvalue weighted by atomic mass is 79.9. The first-order chi connectivity index (χ1) is 14.0. The molecule has 4 amide bonds. The first kappa shape index (κ1) is 20.6. The monoisotopic (exact) mass is 457 g/mol. The second-order valence-electron chi connectivity index (χ2n) is 6.34. The summed E-state index contributed by atoms with van der Waals surface area (Å²) < 4.78 is 6.18. The highest BCUT2D eigenvalue weighted by molar-refractivity contribution is 9.10. The van der Waals surface area contributed by atoms with Gasteiger partial charge in [0.2, 0.25) is 0 Å². The number of hydrogen-bond donors (Lipinski definition) is 2. The zero-order valence-corrected chi connectivity index (χ0v) is 17.4. The highest BCUT2D eigenvalue weighted by Gasteiger charge is 2.32. The predicted molar refractivity (Wildman–Crippen MR) is 113 cm³/mol. The van der Waals surface area contributed by atoms with Crippen LogP contribution in [0.5, 0.6) is 5.75 Å². The summed E-state index contributed by atoms with van der Waals surface area (Å²) in [6.07, 6.45) is 2.30. The van der Waals surface area contributed by atoms with Gasteiger partial charge >= 0.3 is 6.03 Å². The van der Waals surface area contributed by atoms with Gasteiger partial charge in [-0.1, -0.05) is 31.2 Å². The Labute approximate surface area is 176 Å². The van der Waals surface area contributed by atoms with Crippen molar-refractivity contribution < 1.29 is 19.1 Å². The predicted octanol–water partition coefficient (Wildman–Crippen LogP) is 3.77. The number of para-hydroxylation sites is 1. The zero-order chi connectivity index (χ0) is 20.8. The van der Waals surface area contributed by atoms with Crippen molar-refractivity contribution in [2.24, 2.45) is 0 Å². The van der Waals surface area contributed by atoms with Crippen molar-refractivity contribution in [3.63, 3.8) is 0 Å². The molecule has 0 saturated carbocycles. The van der Waals surface area contributed by atoms with Crippen molar-refractivity contribution in [3.8, 4) is 5.75 Å². The Morgan fingerprint density at radius 3 is 2.66 bits per heavy atom. The number of hydrogen-bond acceptors (Lipinski definition) is 4. The Bertz CT molecular complexity index is 960. The molecule has 2 aromatic rings. The summed E-state index contributed by atoms with van der Waals surface area (Å²) in [5, 5.41) is 5.33. The number of anilines is 1. The standard InChI is InChI=1S/C21H20BrN3O4/c1-2-10-25-20(27)17(24-21(25)28)12-14-8-9-18(16(22)11-14)29-13-19(26)23-15-6-4-3-5-7-15/h3-9,11-12H,2,10,13H2,1H3,(H,23,26)(H,24,28)/b17-12+. The second-order valence-corrected chi connectivity index (χ2v) is 7.19. The van der Waals surface area contributed by atoms with Crippen molar-refractivity contribution in [3.05, 3.63) is 64.3 Å². The number of urea groups is 1. The number of halogens is 1. The first-order valence-electron chi connectivity index (χ1n) is 9.09. The number of nitrogens with zero attached hydrogens (tertiary/aromatic N) is 1. The van der Waals surface area contributed by atoms with Gasteiger partial charge in [0, 0.05) is 12.2 Å². The van der Waals surface area contributed by atoms with Gasteiger partial charge in [0.1, 0.15) is 11.4 Å². The van der Waals surface area contributed by atoms with E-state index in [2.05, 4.69) is 26.6 Å². The van der Waals surface area contributed by atoms with Gasteiger partial charge in [-0.2, -0.15) is 0 Å². The van der Waals surface area contributed by atoms with E-state index in [0.29, 0.717) is 34.4 Å². The average Bonchev–Trinajstić information content (AvgIpc) is 2.96. The van der Waals surface area contributed by atoms with Crippen molar-refractivity contribution in [1.29, 1.82) is 0 Å². The third kappa shape index (κ3) is 5.23. The lowest BCUT2D eigenvalue weighted by molar-refractivity contribution is -0.123. The Morgan fingerprint density at radius 1 is 1.21 bits per heavy atom. The number of imide groups is 1. The summed E-state index contributed by atoms with van der Waals surface area (Å²) in [6, 6.07) is 13.9. The summed E-state index contributed by atoms with van der Waals surface area (Å²) >= 11 is 3.41. The van der Waals surface area contributed by atoms with Crippen molar-refractivity contribution in [1.82, 2.24) is 10.2 Å². The molecule has 1 aliphatic heterocycles. The van der Waals surface area contributed by atoms with Crippen LogP contribution < -0.4 is 15.4 Å². The topological polar surface area (TPSA) is 87.7 Å². The van der Waals surface area contributed by atoms with Crippen molar-refractivity contribution in [2.45, 2.75) is 13.3 Å². The van der Waals surface area contributed by atoms with Crippen LogP contribution in [0.3, 0.4) is 0 Å². The molecule has 1 aliphatic rings. The zero-order valence-electron chi connectivity index (χ0n) is 15.8. The minimum atomic E-state index is -0.411. The maximum atomic E-state index is 12.3. The highest BCUT2D eigenvalue weighted by Crippen LogP contribution is 2.27. The van der Waals surface area contributed by atoms with E-state index in [4.69, 9.17) is 4.74 Å². The van der Waals surface area contributed by atoms with Gasteiger partial charge in [0.25, 0.3) is 11.8 Å². The van der Waals surface area contributed by atoms with Crippen LogP contribution in [0, 0.1) is 0 Å². The fourth-order valence-electron chi connectivity index (χ4n) is 2.75. The molecule has 2 N–H and O–H groups in total. The molecule has 1 saturated heterocycles. The lowest BCUT2D eigenvalue weighted by Gasteiger charge is -2.10. The van der Waals surface area contributed by atoms with Crippen LogP contribution in [0.1, 0.15) is 18.9 Å². The summed E-state index contributed by atoms with van der Waals surface area (Å²) in [5.41, 5.74) is 1.63. The molecule has 0 spiro atoms. The van der Waals surface area contributed by atoms with E-state index in [0.717, 1.165) is 0 Å². The van der Waals surface area contributed by atoms with E-state index in [-0.39, 0.29) is 24.1 Å². The van der Waals surface area contributed by atoms with E-state index in [1.807, 2.05) is 25.1 Å². The van der Waals surface area contributed by atoms with E-state index in [9.17, 15) is 14.4 Å². The Morgan fingerprint density at radius 2 is 1.97 bits per heavy atom. The van der Waals surface area contributed by atoms with Crippen LogP contribution in [0.25, 0.3) is 6.08 Å². The molecule has 0 radical (unpaired) electrons. The summed E-state index contributed by atoms with van der Waals surface area (Å²) in [5.74, 6) is -0.125. The number of amides is 4. The average molecular weight is 458 g/mol. The third-order valence-corrected chi connectivity index (χ3v) is 4.71. The normalized spacial score (nSPS) is 14.8. The lowest BCUT2D eigenvalue weighted by Crippen LogP contribution is -2.31. The lowest BCUT2D eigenvalue weighted by atomic mass is 10.2. The minimum Gasteiger partial charge on any atom is -0.483 e. The van der Waals surface area contributed by atoms with Crippen LogP contribution >= 0.6 is 15.9 Å². The Balaban J connectivity index is 1.62. The van der Waals surface area contributed by atoms with Crippen LogP contribution in [0.2, 0.25) is 0 Å². The molecular weight excluding hydrogens is 438 g/mol. The quantitative estimate of drug-likeness (QED) is 0.489. The number of rotatable bonds is 7. The fraction of sp³-hybridized carbons (Fsp3) is 0.190. The number of ether oxygens (including phenoxy) is 1. The van der Waals surface area contributed by atoms with Crippen LogP contribution in [0.15, 0.2) is 58.7 Å². The van der Waals surface area contributed by atoms with E-state index in [1.165, 1.54) is 4.90 Å². The smallest absolute Gasteiger partial charge is 0.329 e. The molecule has 29 heavy (non-hydrogen) atoms. The maximum Gasteiger partial charge on any atom is 0.329 e. The van der Waals surface area contributed by atoms with E-state index >= 15 is 0 Å². The molecule has 0 aliphatic carbocycles. The number of carbonyl (C=O) groups excluding carboxylic acids is 3. The van der Waals surface area contributed by atoms with Crippen molar-refractivity contribution in [2.75, 3.05) is 18.5 Å². The summed E-state index contributed by atoms with van der Waals surface area (Å²) in [7, 11) is 0. The van der Waals surface area contributed by atoms with Crippen LogP contribution in [-0.2, 0) is 9.59 Å². The molecule has 2 aromatic carbocycles. The molecule has 0 atom stereocenters. The van der Waals surface area contributed by atoms with Gasteiger partial charge in [-0.05, 0) is 58.3 Å². The molecule has 0 unspecified atom stereocenters. The molecular formula is C21H20BrN3O4.